The Bertz CT molecular complexity index is 3080. The van der Waals surface area contributed by atoms with E-state index in [-0.39, 0.29) is 0 Å². The van der Waals surface area contributed by atoms with Crippen molar-refractivity contribution in [1.82, 2.24) is 0 Å². The van der Waals surface area contributed by atoms with Gasteiger partial charge < -0.3 is 14.7 Å². The van der Waals surface area contributed by atoms with Gasteiger partial charge in [0.15, 0.2) is 0 Å². The van der Waals surface area contributed by atoms with E-state index in [1.165, 1.54) is 33.4 Å². The molecule has 0 saturated carbocycles. The van der Waals surface area contributed by atoms with E-state index in [9.17, 15) is 0 Å². The second-order valence-electron chi connectivity index (χ2n) is 17.3. The van der Waals surface area contributed by atoms with E-state index in [2.05, 4.69) is 284 Å². The minimum Gasteiger partial charge on any atom is -0.310 e. The summed E-state index contributed by atoms with van der Waals surface area (Å²) >= 11 is 0. The predicted octanol–water partition coefficient (Wildman–Crippen LogP) is 18.0. The lowest BCUT2D eigenvalue weighted by Crippen LogP contribution is -2.14. The van der Waals surface area contributed by atoms with Crippen LogP contribution in [0.4, 0.5) is 51.2 Å². The molecular formula is C63H53N3. The van der Waals surface area contributed by atoms with Crippen LogP contribution in [-0.4, -0.2) is 0 Å². The van der Waals surface area contributed by atoms with Crippen LogP contribution in [0.2, 0.25) is 0 Å². The van der Waals surface area contributed by atoms with Gasteiger partial charge in [-0.15, -0.1) is 0 Å². The summed E-state index contributed by atoms with van der Waals surface area (Å²) in [5, 5.41) is 0. The van der Waals surface area contributed by atoms with Crippen LogP contribution in [0.1, 0.15) is 30.0 Å². The van der Waals surface area contributed by atoms with Gasteiger partial charge in [0.2, 0.25) is 0 Å². The lowest BCUT2D eigenvalue weighted by molar-refractivity contribution is 0.749. The molecule has 0 spiro atoms. The molecule has 0 aromatic heterocycles. The Kier molecular flexibility index (Phi) is 12.0. The number of aryl methyl sites for hydroxylation is 2. The molecule has 1 atom stereocenters. The van der Waals surface area contributed by atoms with Gasteiger partial charge in [-0.2, -0.15) is 0 Å². The molecule has 0 amide bonds. The van der Waals surface area contributed by atoms with Crippen molar-refractivity contribution in [2.45, 2.75) is 27.2 Å². The fraction of sp³-hybridized carbons (Fsp3) is 0.0794. The van der Waals surface area contributed by atoms with Crippen molar-refractivity contribution in [3.8, 4) is 22.3 Å². The Morgan fingerprint density at radius 1 is 0.348 bits per heavy atom. The van der Waals surface area contributed by atoms with Crippen LogP contribution in [0.5, 0.6) is 0 Å². The fourth-order valence-corrected chi connectivity index (χ4v) is 9.20. The van der Waals surface area contributed by atoms with Gasteiger partial charge in [0.25, 0.3) is 0 Å². The van der Waals surface area contributed by atoms with E-state index >= 15 is 0 Å². The third kappa shape index (κ3) is 8.98. The van der Waals surface area contributed by atoms with E-state index in [0.717, 1.165) is 68.7 Å². The average Bonchev–Trinajstić information content (AvgIpc) is 3.36. The summed E-state index contributed by atoms with van der Waals surface area (Å²) in [4.78, 5) is 7.13. The maximum absolute atomic E-state index is 2.39. The zero-order valence-corrected chi connectivity index (χ0v) is 37.8. The molecule has 0 radical (unpaired) electrons. The molecule has 1 aliphatic rings. The Hall–Kier alpha value is -8.14. The molecule has 1 unspecified atom stereocenters. The first-order valence-electron chi connectivity index (χ1n) is 23.0. The van der Waals surface area contributed by atoms with Crippen molar-refractivity contribution >= 4 is 56.8 Å². The summed E-state index contributed by atoms with van der Waals surface area (Å²) in [5.41, 5.74) is 19.5. The van der Waals surface area contributed by atoms with E-state index in [1.807, 2.05) is 0 Å². The first-order valence-corrected chi connectivity index (χ1v) is 23.0. The zero-order chi connectivity index (χ0) is 44.8. The van der Waals surface area contributed by atoms with Crippen molar-refractivity contribution in [3.05, 3.63) is 265 Å². The number of hydrogen-bond donors (Lipinski definition) is 0. The summed E-state index contributed by atoms with van der Waals surface area (Å²) in [6.45, 7) is 6.60. The van der Waals surface area contributed by atoms with Crippen molar-refractivity contribution in [1.29, 1.82) is 0 Å². The quantitative estimate of drug-likeness (QED) is 0.121. The summed E-state index contributed by atoms with van der Waals surface area (Å²) < 4.78 is 0. The number of allylic oxidation sites excluding steroid dienone is 4. The Morgan fingerprint density at radius 2 is 0.758 bits per heavy atom. The van der Waals surface area contributed by atoms with Gasteiger partial charge in [-0.25, -0.2) is 0 Å². The lowest BCUT2D eigenvalue weighted by Gasteiger charge is -2.31. The van der Waals surface area contributed by atoms with Crippen LogP contribution >= 0.6 is 0 Å². The molecule has 66 heavy (non-hydrogen) atoms. The topological polar surface area (TPSA) is 9.72 Å². The van der Waals surface area contributed by atoms with E-state index in [4.69, 9.17) is 0 Å². The van der Waals surface area contributed by atoms with Crippen LogP contribution in [0.3, 0.4) is 0 Å². The van der Waals surface area contributed by atoms with Gasteiger partial charge >= 0.3 is 0 Å². The van der Waals surface area contributed by atoms with Crippen molar-refractivity contribution in [2.75, 3.05) is 14.7 Å². The maximum atomic E-state index is 2.39. The maximum Gasteiger partial charge on any atom is 0.0560 e. The first kappa shape index (κ1) is 41.8. The highest BCUT2D eigenvalue weighted by Gasteiger charge is 2.22. The summed E-state index contributed by atoms with van der Waals surface area (Å²) in [6.07, 6.45) is 7.79. The zero-order valence-electron chi connectivity index (χ0n) is 37.8. The number of nitrogens with zero attached hydrogens (tertiary/aromatic N) is 3. The third-order valence-electron chi connectivity index (χ3n) is 12.5. The van der Waals surface area contributed by atoms with Gasteiger partial charge in [0.05, 0.1) is 5.69 Å². The van der Waals surface area contributed by atoms with Crippen LogP contribution in [-0.2, 0) is 0 Å². The van der Waals surface area contributed by atoms with Crippen molar-refractivity contribution in [3.63, 3.8) is 0 Å². The minimum atomic E-state index is 0.542. The molecule has 0 heterocycles. The molecule has 320 valence electrons. The summed E-state index contributed by atoms with van der Waals surface area (Å²) in [7, 11) is 0. The molecule has 1 aliphatic carbocycles. The first-order chi connectivity index (χ1) is 32.4. The number of anilines is 9. The largest absolute Gasteiger partial charge is 0.310 e. The Labute approximate surface area is 390 Å². The Morgan fingerprint density at radius 3 is 1.27 bits per heavy atom. The fourth-order valence-electron chi connectivity index (χ4n) is 9.20. The molecule has 0 N–H and O–H groups in total. The average molecular weight is 852 g/mol. The molecule has 0 bridgehead atoms. The summed E-state index contributed by atoms with van der Waals surface area (Å²) in [6, 6.07) is 83.6. The highest BCUT2D eigenvalue weighted by Crippen LogP contribution is 2.46. The minimum absolute atomic E-state index is 0.542. The van der Waals surface area contributed by atoms with E-state index in [0.29, 0.717) is 5.92 Å². The molecule has 9 aromatic rings. The lowest BCUT2D eigenvalue weighted by atomic mass is 9.91. The van der Waals surface area contributed by atoms with E-state index < -0.39 is 0 Å². The number of benzene rings is 9. The second-order valence-corrected chi connectivity index (χ2v) is 17.3. The number of hydrogen-bond acceptors (Lipinski definition) is 3. The molecule has 3 nitrogen and oxygen atoms in total. The van der Waals surface area contributed by atoms with Gasteiger partial charge in [0, 0.05) is 51.1 Å². The third-order valence-corrected chi connectivity index (χ3v) is 12.5. The van der Waals surface area contributed by atoms with E-state index in [1.54, 1.807) is 0 Å². The number of para-hydroxylation sites is 2. The smallest absolute Gasteiger partial charge is 0.0560 e. The van der Waals surface area contributed by atoms with Gasteiger partial charge in [0.1, 0.15) is 0 Å². The van der Waals surface area contributed by atoms with Crippen LogP contribution in [0.15, 0.2) is 249 Å². The van der Waals surface area contributed by atoms with Crippen LogP contribution < -0.4 is 14.7 Å². The molecule has 0 saturated heterocycles. The molecule has 0 aliphatic heterocycles. The highest BCUT2D eigenvalue weighted by atomic mass is 15.2. The van der Waals surface area contributed by atoms with Crippen molar-refractivity contribution in [2.24, 2.45) is 5.92 Å². The standard InChI is InChI=1S/C63H53N3/c1-46-16-13-21-53(42-46)51-30-36-56(37-31-51)64(59-26-14-17-47(2)43-59)57-38-32-52(33-39-57)62-41-40-61(45-63(62)66(54-22-9-5-10-23-54)55-24-11-6-12-25-55)65(60-27-15-18-48(3)44-60)58-34-28-50(29-35-58)49-19-7-4-8-20-49/h4-41,43-46H,42H2,1-3H3. The SMILES string of the molecule is Cc1cccc(N(c2ccc(C3=CC=CC(C)C3)cc2)c2ccc(-c3ccc(N(c4ccc(-c5ccccc5)cc4)c4cccc(C)c4)cc3N(c3ccccc3)c3ccccc3)cc2)c1. The summed E-state index contributed by atoms with van der Waals surface area (Å²) in [5.74, 6) is 0.542. The monoisotopic (exact) mass is 851 g/mol. The van der Waals surface area contributed by atoms with Crippen LogP contribution in [0, 0.1) is 19.8 Å². The second kappa shape index (κ2) is 18.9. The normalized spacial score (nSPS) is 13.2. The molecular weight excluding hydrogens is 799 g/mol. The number of rotatable bonds is 12. The molecule has 3 heteroatoms. The van der Waals surface area contributed by atoms with Crippen LogP contribution in [0.25, 0.3) is 27.8 Å². The molecule has 9 aromatic carbocycles. The van der Waals surface area contributed by atoms with Gasteiger partial charge in [-0.05, 0) is 162 Å². The molecule has 0 fully saturated rings. The Balaban J connectivity index is 1.10. The highest BCUT2D eigenvalue weighted by molar-refractivity contribution is 5.93. The molecule has 10 rings (SSSR count). The predicted molar refractivity (Wildman–Crippen MR) is 282 cm³/mol. The van der Waals surface area contributed by atoms with Crippen molar-refractivity contribution < 1.29 is 0 Å². The van der Waals surface area contributed by atoms with Gasteiger partial charge in [-0.1, -0.05) is 159 Å². The van der Waals surface area contributed by atoms with Gasteiger partial charge in [-0.3, -0.25) is 0 Å².